The molecule has 1 aliphatic heterocycles. The molecule has 0 saturated carbocycles. The fourth-order valence-corrected chi connectivity index (χ4v) is 2.65. The molecule has 5 heteroatoms. The van der Waals surface area contributed by atoms with Crippen LogP contribution < -0.4 is 5.73 Å². The summed E-state index contributed by atoms with van der Waals surface area (Å²) in [6, 6.07) is -0.116. The minimum Gasteiger partial charge on any atom is -0.332 e. The predicted molar refractivity (Wildman–Crippen MR) is 59.5 cm³/mol. The van der Waals surface area contributed by atoms with Gasteiger partial charge in [-0.3, -0.25) is 4.79 Å². The van der Waals surface area contributed by atoms with Gasteiger partial charge in [0.15, 0.2) is 0 Å². The van der Waals surface area contributed by atoms with Gasteiger partial charge in [0.2, 0.25) is 5.91 Å². The van der Waals surface area contributed by atoms with Crippen LogP contribution in [0.25, 0.3) is 0 Å². The lowest BCUT2D eigenvalue weighted by Gasteiger charge is -2.24. The first-order chi connectivity index (χ1) is 7.24. The quantitative estimate of drug-likeness (QED) is 0.839. The van der Waals surface area contributed by atoms with Gasteiger partial charge in [0.25, 0.3) is 0 Å². The van der Waals surface area contributed by atoms with Crippen molar-refractivity contribution in [2.45, 2.75) is 31.8 Å². The van der Waals surface area contributed by atoms with Gasteiger partial charge in [-0.1, -0.05) is 6.92 Å². The number of thiazole rings is 1. The van der Waals surface area contributed by atoms with Crippen molar-refractivity contribution < 1.29 is 4.79 Å². The summed E-state index contributed by atoms with van der Waals surface area (Å²) in [6.07, 6.45) is 1.40. The fourth-order valence-electron chi connectivity index (χ4n) is 2.07. The monoisotopic (exact) mass is 225 g/mol. The van der Waals surface area contributed by atoms with Crippen LogP contribution in [0.3, 0.4) is 0 Å². The molecule has 1 aromatic rings. The number of aromatic nitrogens is 1. The maximum absolute atomic E-state index is 11.7. The summed E-state index contributed by atoms with van der Waals surface area (Å²) in [4.78, 5) is 17.8. The molecule has 82 valence electrons. The average Bonchev–Trinajstić information content (AvgIpc) is 2.77. The molecule has 4 nitrogen and oxygen atoms in total. The molecule has 0 aromatic carbocycles. The van der Waals surface area contributed by atoms with Crippen LogP contribution in [0.2, 0.25) is 0 Å². The van der Waals surface area contributed by atoms with Gasteiger partial charge in [0, 0.05) is 24.4 Å². The Bertz CT molecular complexity index is 338. The minimum absolute atomic E-state index is 0.0105. The van der Waals surface area contributed by atoms with Crippen molar-refractivity contribution in [1.82, 2.24) is 9.88 Å². The number of hydrogen-bond acceptors (Lipinski definition) is 4. The SMILES string of the molecule is CCCN1C(=O)C[C@H](N)[C@H]1c1cscn1. The Labute approximate surface area is 93.1 Å². The summed E-state index contributed by atoms with van der Waals surface area (Å²) in [6.45, 7) is 2.84. The summed E-state index contributed by atoms with van der Waals surface area (Å²) >= 11 is 1.55. The van der Waals surface area contributed by atoms with Gasteiger partial charge < -0.3 is 10.6 Å². The van der Waals surface area contributed by atoms with E-state index in [0.717, 1.165) is 18.7 Å². The molecular weight excluding hydrogens is 210 g/mol. The minimum atomic E-state index is -0.105. The summed E-state index contributed by atoms with van der Waals surface area (Å²) in [5.74, 6) is 0.155. The van der Waals surface area contributed by atoms with E-state index >= 15 is 0 Å². The van der Waals surface area contributed by atoms with E-state index in [1.165, 1.54) is 0 Å². The van der Waals surface area contributed by atoms with E-state index in [2.05, 4.69) is 11.9 Å². The Hall–Kier alpha value is -0.940. The molecule has 1 aliphatic rings. The lowest BCUT2D eigenvalue weighted by atomic mass is 10.1. The summed E-state index contributed by atoms with van der Waals surface area (Å²) in [5, 5.41) is 1.98. The maximum Gasteiger partial charge on any atom is 0.224 e. The van der Waals surface area contributed by atoms with E-state index in [0.29, 0.717) is 6.42 Å². The van der Waals surface area contributed by atoms with Crippen LogP contribution in [0.15, 0.2) is 10.9 Å². The van der Waals surface area contributed by atoms with Gasteiger partial charge in [0.05, 0.1) is 17.2 Å². The summed E-state index contributed by atoms with van der Waals surface area (Å²) in [5.41, 5.74) is 8.71. The molecule has 1 amide bonds. The number of amides is 1. The van der Waals surface area contributed by atoms with Gasteiger partial charge >= 0.3 is 0 Å². The molecule has 15 heavy (non-hydrogen) atoms. The van der Waals surface area contributed by atoms with Crippen molar-refractivity contribution >= 4 is 17.2 Å². The Kier molecular flexibility index (Phi) is 3.02. The van der Waals surface area contributed by atoms with Crippen molar-refractivity contribution in [2.75, 3.05) is 6.54 Å². The average molecular weight is 225 g/mol. The van der Waals surface area contributed by atoms with E-state index in [1.54, 1.807) is 16.8 Å². The number of nitrogens with two attached hydrogens (primary N) is 1. The van der Waals surface area contributed by atoms with E-state index in [1.807, 2.05) is 10.3 Å². The number of carbonyl (C=O) groups is 1. The van der Waals surface area contributed by atoms with Crippen LogP contribution in [-0.4, -0.2) is 28.4 Å². The van der Waals surface area contributed by atoms with Crippen LogP contribution in [0, 0.1) is 0 Å². The van der Waals surface area contributed by atoms with Crippen LogP contribution in [-0.2, 0) is 4.79 Å². The first-order valence-corrected chi connectivity index (χ1v) is 6.11. The second kappa shape index (κ2) is 4.28. The van der Waals surface area contributed by atoms with Crippen molar-refractivity contribution in [2.24, 2.45) is 5.73 Å². The molecule has 1 aromatic heterocycles. The Morgan fingerprint density at radius 1 is 1.73 bits per heavy atom. The van der Waals surface area contributed by atoms with Crippen LogP contribution in [0.5, 0.6) is 0 Å². The Morgan fingerprint density at radius 3 is 3.13 bits per heavy atom. The zero-order valence-corrected chi connectivity index (χ0v) is 9.54. The molecule has 2 N–H and O–H groups in total. The number of likely N-dealkylation sites (tertiary alicyclic amines) is 1. The third-order valence-electron chi connectivity index (χ3n) is 2.69. The fraction of sp³-hybridized carbons (Fsp3) is 0.600. The molecule has 2 heterocycles. The second-order valence-corrected chi connectivity index (χ2v) is 4.53. The van der Waals surface area contributed by atoms with Gasteiger partial charge in [-0.05, 0) is 6.42 Å². The highest BCUT2D eigenvalue weighted by molar-refractivity contribution is 7.07. The van der Waals surface area contributed by atoms with E-state index < -0.39 is 0 Å². The third kappa shape index (κ3) is 1.89. The smallest absolute Gasteiger partial charge is 0.224 e. The van der Waals surface area contributed by atoms with Gasteiger partial charge in [-0.2, -0.15) is 0 Å². The Balaban J connectivity index is 2.23. The Morgan fingerprint density at radius 2 is 2.53 bits per heavy atom. The van der Waals surface area contributed by atoms with Gasteiger partial charge in [-0.25, -0.2) is 4.98 Å². The topological polar surface area (TPSA) is 59.2 Å². The van der Waals surface area contributed by atoms with Crippen LogP contribution >= 0.6 is 11.3 Å². The zero-order valence-electron chi connectivity index (χ0n) is 8.72. The predicted octanol–water partition coefficient (Wildman–Crippen LogP) is 1.15. The normalized spacial score (nSPS) is 26.3. The summed E-state index contributed by atoms with van der Waals surface area (Å²) in [7, 11) is 0. The molecule has 0 spiro atoms. The molecule has 2 atom stereocenters. The highest BCUT2D eigenvalue weighted by atomic mass is 32.1. The first-order valence-electron chi connectivity index (χ1n) is 5.17. The van der Waals surface area contributed by atoms with Gasteiger partial charge in [0.1, 0.15) is 0 Å². The van der Waals surface area contributed by atoms with Crippen molar-refractivity contribution in [3.8, 4) is 0 Å². The number of rotatable bonds is 3. The standard InChI is InChI=1S/C10H15N3OS/c1-2-3-13-9(14)4-7(11)10(13)8-5-15-6-12-8/h5-7,10H,2-4,11H2,1H3/t7-,10-/m0/s1. The van der Waals surface area contributed by atoms with E-state index in [-0.39, 0.29) is 18.0 Å². The number of carbonyl (C=O) groups excluding carboxylic acids is 1. The van der Waals surface area contributed by atoms with E-state index in [4.69, 9.17) is 5.73 Å². The van der Waals surface area contributed by atoms with Crippen molar-refractivity contribution in [3.63, 3.8) is 0 Å². The highest BCUT2D eigenvalue weighted by Crippen LogP contribution is 2.31. The van der Waals surface area contributed by atoms with Crippen LogP contribution in [0.4, 0.5) is 0 Å². The number of nitrogens with zero attached hydrogens (tertiary/aromatic N) is 2. The molecule has 1 fully saturated rings. The zero-order chi connectivity index (χ0) is 10.8. The molecule has 0 unspecified atom stereocenters. The molecule has 2 rings (SSSR count). The van der Waals surface area contributed by atoms with Crippen molar-refractivity contribution in [3.05, 3.63) is 16.6 Å². The molecule has 1 saturated heterocycles. The molecule has 0 radical (unpaired) electrons. The van der Waals surface area contributed by atoms with Crippen molar-refractivity contribution in [1.29, 1.82) is 0 Å². The number of hydrogen-bond donors (Lipinski definition) is 1. The molecule has 0 bridgehead atoms. The van der Waals surface area contributed by atoms with Gasteiger partial charge in [-0.15, -0.1) is 11.3 Å². The largest absolute Gasteiger partial charge is 0.332 e. The summed E-state index contributed by atoms with van der Waals surface area (Å²) < 4.78 is 0. The lowest BCUT2D eigenvalue weighted by Crippen LogP contribution is -2.33. The highest BCUT2D eigenvalue weighted by Gasteiger charge is 2.38. The van der Waals surface area contributed by atoms with E-state index in [9.17, 15) is 4.79 Å². The lowest BCUT2D eigenvalue weighted by molar-refractivity contribution is -0.129. The maximum atomic E-state index is 11.7. The molecule has 0 aliphatic carbocycles. The third-order valence-corrected chi connectivity index (χ3v) is 3.30. The first kappa shape index (κ1) is 10.6. The van der Waals surface area contributed by atoms with Crippen LogP contribution in [0.1, 0.15) is 31.5 Å². The molecular formula is C10H15N3OS. The second-order valence-electron chi connectivity index (χ2n) is 3.81.